The number of rotatable bonds is 6. The predicted molar refractivity (Wildman–Crippen MR) is 85.9 cm³/mol. The summed E-state index contributed by atoms with van der Waals surface area (Å²) in [5.74, 6) is -1.09. The minimum atomic E-state index is -0.773. The molecule has 1 atom stereocenters. The van der Waals surface area contributed by atoms with Crippen LogP contribution >= 0.6 is 0 Å². The number of hydrogen-bond acceptors (Lipinski definition) is 4. The van der Waals surface area contributed by atoms with Crippen LogP contribution in [0.4, 0.5) is 0 Å². The number of nitriles is 1. The van der Waals surface area contributed by atoms with Crippen LogP contribution in [0.25, 0.3) is 11.0 Å². The molecule has 2 aromatic rings. The largest absolute Gasteiger partial charge is 0.383 e. The van der Waals surface area contributed by atoms with Gasteiger partial charge < -0.3 is 10.1 Å². The lowest BCUT2D eigenvalue weighted by atomic mass is 9.99. The van der Waals surface area contributed by atoms with Crippen molar-refractivity contribution in [3.05, 3.63) is 34.2 Å². The van der Waals surface area contributed by atoms with E-state index in [0.717, 1.165) is 16.6 Å². The van der Waals surface area contributed by atoms with E-state index in [0.29, 0.717) is 19.6 Å². The number of carbonyl (C=O) groups is 1. The number of hydrogen-bond donors (Lipinski definition) is 1. The van der Waals surface area contributed by atoms with Gasteiger partial charge in [0.25, 0.3) is 0 Å². The first-order valence-corrected chi connectivity index (χ1v) is 7.30. The number of methoxy groups -OCH3 is 1. The van der Waals surface area contributed by atoms with Gasteiger partial charge in [0.05, 0.1) is 23.7 Å². The van der Waals surface area contributed by atoms with Gasteiger partial charge in [0, 0.05) is 27.7 Å². The molecule has 0 saturated carbocycles. The van der Waals surface area contributed by atoms with Crippen LogP contribution in [0.2, 0.25) is 0 Å². The van der Waals surface area contributed by atoms with E-state index in [1.54, 1.807) is 30.3 Å². The van der Waals surface area contributed by atoms with Crippen molar-refractivity contribution in [1.82, 2.24) is 14.5 Å². The Balaban J connectivity index is 2.20. The molecule has 1 aromatic carbocycles. The number of carbonyl (C=O) groups excluding carboxylic acids is 1. The lowest BCUT2D eigenvalue weighted by molar-refractivity contribution is -0.123. The number of fused-ring (bicyclic) bond motifs is 1. The highest BCUT2D eigenvalue weighted by molar-refractivity contribution is 5.82. The van der Waals surface area contributed by atoms with E-state index in [1.807, 2.05) is 24.3 Å². The van der Waals surface area contributed by atoms with Gasteiger partial charge in [-0.3, -0.25) is 13.9 Å². The van der Waals surface area contributed by atoms with E-state index in [9.17, 15) is 14.9 Å². The van der Waals surface area contributed by atoms with Crippen LogP contribution in [0.3, 0.4) is 0 Å². The summed E-state index contributed by atoms with van der Waals surface area (Å²) in [6, 6.07) is 7.56. The summed E-state index contributed by atoms with van der Waals surface area (Å²) in [7, 11) is 4.96. The fourth-order valence-corrected chi connectivity index (χ4v) is 2.51. The quantitative estimate of drug-likeness (QED) is 0.777. The summed E-state index contributed by atoms with van der Waals surface area (Å²) in [6.45, 7) is 0.779. The smallest absolute Gasteiger partial charge is 0.328 e. The van der Waals surface area contributed by atoms with Gasteiger partial charge in [-0.2, -0.15) is 5.26 Å². The molecule has 0 aliphatic heterocycles. The first kappa shape index (κ1) is 16.8. The van der Waals surface area contributed by atoms with Gasteiger partial charge in [0.15, 0.2) is 0 Å². The number of ether oxygens (including phenoxy) is 1. The first-order chi connectivity index (χ1) is 11.0. The second kappa shape index (κ2) is 7.11. The Morgan fingerprint density at radius 2 is 2.04 bits per heavy atom. The SMILES string of the molecule is COCCNC(=O)[C@@H](C#N)Cc1ccc2c(c1)n(C)c(=O)n2C. The third-order valence-corrected chi connectivity index (χ3v) is 3.85. The molecule has 7 nitrogen and oxygen atoms in total. The van der Waals surface area contributed by atoms with Crippen molar-refractivity contribution < 1.29 is 9.53 Å². The van der Waals surface area contributed by atoms with Gasteiger partial charge in [-0.05, 0) is 24.1 Å². The molecule has 0 radical (unpaired) electrons. The van der Waals surface area contributed by atoms with E-state index >= 15 is 0 Å². The highest BCUT2D eigenvalue weighted by atomic mass is 16.5. The first-order valence-electron chi connectivity index (χ1n) is 7.30. The summed E-state index contributed by atoms with van der Waals surface area (Å²) in [4.78, 5) is 23.9. The van der Waals surface area contributed by atoms with Crippen molar-refractivity contribution in [2.45, 2.75) is 6.42 Å². The van der Waals surface area contributed by atoms with E-state index < -0.39 is 5.92 Å². The normalized spacial score (nSPS) is 12.1. The zero-order valence-corrected chi connectivity index (χ0v) is 13.5. The van der Waals surface area contributed by atoms with E-state index in [-0.39, 0.29) is 11.6 Å². The number of amides is 1. The van der Waals surface area contributed by atoms with Crippen molar-refractivity contribution in [2.75, 3.05) is 20.3 Å². The maximum atomic E-state index is 12.0. The van der Waals surface area contributed by atoms with Crippen LogP contribution in [0.15, 0.2) is 23.0 Å². The lowest BCUT2D eigenvalue weighted by Crippen LogP contribution is -2.33. The van der Waals surface area contributed by atoms with Gasteiger partial charge in [-0.1, -0.05) is 6.07 Å². The summed E-state index contributed by atoms with van der Waals surface area (Å²) < 4.78 is 7.99. The molecule has 23 heavy (non-hydrogen) atoms. The Hall–Kier alpha value is -2.59. The van der Waals surface area contributed by atoms with Gasteiger partial charge in [0.1, 0.15) is 5.92 Å². The summed E-state index contributed by atoms with van der Waals surface area (Å²) in [5.41, 5.74) is 2.34. The Kier molecular flexibility index (Phi) is 5.19. The molecule has 2 rings (SSSR count). The average molecular weight is 316 g/mol. The highest BCUT2D eigenvalue weighted by Gasteiger charge is 2.19. The zero-order chi connectivity index (χ0) is 17.0. The van der Waals surface area contributed by atoms with Gasteiger partial charge in [0.2, 0.25) is 5.91 Å². The molecule has 122 valence electrons. The van der Waals surface area contributed by atoms with Crippen molar-refractivity contribution >= 4 is 16.9 Å². The fraction of sp³-hybridized carbons (Fsp3) is 0.438. The maximum Gasteiger partial charge on any atom is 0.328 e. The molecule has 0 unspecified atom stereocenters. The number of nitrogens with zero attached hydrogens (tertiary/aromatic N) is 3. The zero-order valence-electron chi connectivity index (χ0n) is 13.5. The topological polar surface area (TPSA) is 89.1 Å². The average Bonchev–Trinajstić information content (AvgIpc) is 2.77. The molecular formula is C16H20N4O3. The molecule has 0 bridgehead atoms. The van der Waals surface area contributed by atoms with E-state index in [4.69, 9.17) is 4.74 Å². The van der Waals surface area contributed by atoms with Crippen molar-refractivity contribution in [1.29, 1.82) is 5.26 Å². The van der Waals surface area contributed by atoms with Crippen LogP contribution in [-0.2, 0) is 30.0 Å². The van der Waals surface area contributed by atoms with Crippen LogP contribution in [-0.4, -0.2) is 35.3 Å². The number of aromatic nitrogens is 2. The monoisotopic (exact) mass is 316 g/mol. The van der Waals surface area contributed by atoms with Gasteiger partial charge in [-0.15, -0.1) is 0 Å². The predicted octanol–water partition coefficient (Wildman–Crippen LogP) is 0.322. The molecule has 1 aromatic heterocycles. The third kappa shape index (κ3) is 3.43. The minimum absolute atomic E-state index is 0.105. The number of nitrogens with one attached hydrogen (secondary N) is 1. The number of imidazole rings is 1. The maximum absolute atomic E-state index is 12.0. The summed E-state index contributed by atoms with van der Waals surface area (Å²) >= 11 is 0. The second-order valence-electron chi connectivity index (χ2n) is 5.39. The fourth-order valence-electron chi connectivity index (χ4n) is 2.51. The lowest BCUT2D eigenvalue weighted by Gasteiger charge is -2.10. The van der Waals surface area contributed by atoms with E-state index in [2.05, 4.69) is 5.32 Å². The molecule has 0 spiro atoms. The van der Waals surface area contributed by atoms with Crippen molar-refractivity contribution in [3.8, 4) is 6.07 Å². The Morgan fingerprint density at radius 3 is 2.70 bits per heavy atom. The van der Waals surface area contributed by atoms with Gasteiger partial charge >= 0.3 is 5.69 Å². The molecule has 0 saturated heterocycles. The summed E-state index contributed by atoms with van der Waals surface area (Å²) in [6.07, 6.45) is 0.300. The Morgan fingerprint density at radius 1 is 1.35 bits per heavy atom. The summed E-state index contributed by atoms with van der Waals surface area (Å²) in [5, 5.41) is 11.9. The Bertz CT molecular complexity index is 813. The van der Waals surface area contributed by atoms with Crippen LogP contribution in [0, 0.1) is 17.2 Å². The number of benzene rings is 1. The van der Waals surface area contributed by atoms with E-state index in [1.165, 1.54) is 0 Å². The molecule has 1 heterocycles. The molecule has 1 N–H and O–H groups in total. The van der Waals surface area contributed by atoms with Crippen molar-refractivity contribution in [3.63, 3.8) is 0 Å². The van der Waals surface area contributed by atoms with Crippen LogP contribution < -0.4 is 11.0 Å². The van der Waals surface area contributed by atoms with Crippen LogP contribution in [0.5, 0.6) is 0 Å². The van der Waals surface area contributed by atoms with Gasteiger partial charge in [-0.25, -0.2) is 4.79 Å². The molecule has 1 amide bonds. The standard InChI is InChI=1S/C16H20N4O3/c1-19-13-5-4-11(9-14(13)20(2)16(19)22)8-12(10-17)15(21)18-6-7-23-3/h4-5,9,12H,6-8H2,1-3H3,(H,18,21)/t12-/m1/s1. The molecule has 0 fully saturated rings. The molecule has 7 heteroatoms. The molecular weight excluding hydrogens is 296 g/mol. The third-order valence-electron chi connectivity index (χ3n) is 3.85. The Labute approximate surface area is 134 Å². The minimum Gasteiger partial charge on any atom is -0.383 e. The second-order valence-corrected chi connectivity index (χ2v) is 5.39. The highest BCUT2D eigenvalue weighted by Crippen LogP contribution is 2.17. The molecule has 0 aliphatic carbocycles. The number of aryl methyl sites for hydroxylation is 2. The van der Waals surface area contributed by atoms with Crippen LogP contribution in [0.1, 0.15) is 5.56 Å². The van der Waals surface area contributed by atoms with Crippen molar-refractivity contribution in [2.24, 2.45) is 20.0 Å². The molecule has 0 aliphatic rings.